The Kier molecular flexibility index (Phi) is 7.24. The zero-order valence-electron chi connectivity index (χ0n) is 19.3. The van der Waals surface area contributed by atoms with Gasteiger partial charge in [-0.2, -0.15) is 0 Å². The molecule has 0 atom stereocenters. The second kappa shape index (κ2) is 10.7. The molecule has 0 aromatic heterocycles. The standard InChI is InChI=1S/C28H19IN2O5S/c29-24-14-18(11-12-25(24)36-17-21-8-4-7-20-6-1-2-10-23(20)21)15-26-27(32)30(28(33)37-26)16-19-5-3-9-22(13-19)31(34)35/h1-15H,16-17H2/b26-15+. The molecule has 1 heterocycles. The number of amides is 2. The number of non-ortho nitro benzene ring substituents is 1. The molecule has 4 aromatic rings. The highest BCUT2D eigenvalue weighted by atomic mass is 127. The minimum Gasteiger partial charge on any atom is -0.488 e. The van der Waals surface area contributed by atoms with Crippen LogP contribution in [0.15, 0.2) is 89.8 Å². The van der Waals surface area contributed by atoms with Gasteiger partial charge in [0.25, 0.3) is 16.8 Å². The average Bonchev–Trinajstić information content (AvgIpc) is 3.15. The van der Waals surface area contributed by atoms with E-state index >= 15 is 0 Å². The molecular weight excluding hydrogens is 603 g/mol. The number of hydrogen-bond donors (Lipinski definition) is 0. The minimum absolute atomic E-state index is 0.0256. The van der Waals surface area contributed by atoms with Crippen LogP contribution in [0, 0.1) is 13.7 Å². The predicted molar refractivity (Wildman–Crippen MR) is 152 cm³/mol. The van der Waals surface area contributed by atoms with Gasteiger partial charge in [0, 0.05) is 12.1 Å². The second-order valence-corrected chi connectivity index (χ2v) is 10.5. The molecule has 4 aromatic carbocycles. The summed E-state index contributed by atoms with van der Waals surface area (Å²) in [5, 5.41) is 12.9. The molecule has 0 bridgehead atoms. The van der Waals surface area contributed by atoms with Gasteiger partial charge in [-0.1, -0.05) is 60.7 Å². The first-order valence-electron chi connectivity index (χ1n) is 11.3. The van der Waals surface area contributed by atoms with Gasteiger partial charge in [0.1, 0.15) is 12.4 Å². The summed E-state index contributed by atoms with van der Waals surface area (Å²) in [7, 11) is 0. The fourth-order valence-electron chi connectivity index (χ4n) is 4.04. The van der Waals surface area contributed by atoms with Gasteiger partial charge in [0.15, 0.2) is 0 Å². The topological polar surface area (TPSA) is 89.8 Å². The normalized spacial score (nSPS) is 14.5. The van der Waals surface area contributed by atoms with Gasteiger partial charge >= 0.3 is 0 Å². The molecular formula is C28H19IN2O5S. The van der Waals surface area contributed by atoms with Crippen molar-refractivity contribution in [3.8, 4) is 5.75 Å². The number of imide groups is 1. The molecule has 1 fully saturated rings. The smallest absolute Gasteiger partial charge is 0.293 e. The number of rotatable bonds is 7. The van der Waals surface area contributed by atoms with Crippen LogP contribution in [-0.2, 0) is 17.9 Å². The van der Waals surface area contributed by atoms with E-state index in [0.29, 0.717) is 17.1 Å². The maximum absolute atomic E-state index is 12.9. The Morgan fingerprint density at radius 2 is 1.76 bits per heavy atom. The maximum atomic E-state index is 12.9. The van der Waals surface area contributed by atoms with Crippen molar-refractivity contribution in [2.75, 3.05) is 0 Å². The third-order valence-electron chi connectivity index (χ3n) is 5.85. The summed E-state index contributed by atoms with van der Waals surface area (Å²) in [6, 6.07) is 25.8. The number of carbonyl (C=O) groups excluding carboxylic acids is 2. The number of nitro benzene ring substituents is 1. The number of carbonyl (C=O) groups is 2. The third-order valence-corrected chi connectivity index (χ3v) is 7.60. The molecule has 2 amide bonds. The molecule has 5 rings (SSSR count). The van der Waals surface area contributed by atoms with Gasteiger partial charge in [0.2, 0.25) is 0 Å². The molecule has 0 aliphatic carbocycles. The summed E-state index contributed by atoms with van der Waals surface area (Å²) < 4.78 is 6.97. The molecule has 0 N–H and O–H groups in total. The lowest BCUT2D eigenvalue weighted by Crippen LogP contribution is -2.27. The Balaban J connectivity index is 1.29. The molecule has 1 aliphatic rings. The van der Waals surface area contributed by atoms with Crippen LogP contribution >= 0.6 is 34.4 Å². The van der Waals surface area contributed by atoms with Crippen LogP contribution in [0.4, 0.5) is 10.5 Å². The average molecular weight is 622 g/mol. The SMILES string of the molecule is O=C1S/C(=C/c2ccc(OCc3cccc4ccccc34)c(I)c2)C(=O)N1Cc1cccc([N+](=O)[O-])c1. The van der Waals surface area contributed by atoms with E-state index in [9.17, 15) is 19.7 Å². The van der Waals surface area contributed by atoms with E-state index < -0.39 is 16.1 Å². The number of nitrogens with zero attached hydrogens (tertiary/aromatic N) is 2. The lowest BCUT2D eigenvalue weighted by Gasteiger charge is -2.12. The minimum atomic E-state index is -0.506. The number of benzene rings is 4. The number of halogens is 1. The lowest BCUT2D eigenvalue weighted by atomic mass is 10.1. The van der Waals surface area contributed by atoms with E-state index in [4.69, 9.17) is 4.74 Å². The molecule has 7 nitrogen and oxygen atoms in total. The number of hydrogen-bond acceptors (Lipinski definition) is 6. The monoisotopic (exact) mass is 622 g/mol. The van der Waals surface area contributed by atoms with Gasteiger partial charge in [-0.05, 0) is 80.0 Å². The summed E-state index contributed by atoms with van der Waals surface area (Å²) in [4.78, 5) is 37.4. The van der Waals surface area contributed by atoms with Crippen molar-refractivity contribution < 1.29 is 19.2 Å². The molecule has 1 aliphatic heterocycles. The van der Waals surface area contributed by atoms with Crippen molar-refractivity contribution >= 4 is 68.0 Å². The van der Waals surface area contributed by atoms with E-state index in [2.05, 4.69) is 40.8 Å². The van der Waals surface area contributed by atoms with Crippen LogP contribution in [-0.4, -0.2) is 21.0 Å². The van der Waals surface area contributed by atoms with E-state index in [-0.39, 0.29) is 12.2 Å². The summed E-state index contributed by atoms with van der Waals surface area (Å²) in [6.45, 7) is 0.398. The van der Waals surface area contributed by atoms with Crippen LogP contribution in [0.2, 0.25) is 0 Å². The second-order valence-electron chi connectivity index (χ2n) is 8.31. The van der Waals surface area contributed by atoms with Crippen LogP contribution in [0.3, 0.4) is 0 Å². The zero-order chi connectivity index (χ0) is 25.9. The van der Waals surface area contributed by atoms with Crippen molar-refractivity contribution in [1.29, 1.82) is 0 Å². The number of nitro groups is 1. The van der Waals surface area contributed by atoms with Crippen LogP contribution < -0.4 is 4.74 Å². The van der Waals surface area contributed by atoms with E-state index in [1.807, 2.05) is 42.5 Å². The maximum Gasteiger partial charge on any atom is 0.293 e. The Labute approximate surface area is 230 Å². The molecule has 1 saturated heterocycles. The first kappa shape index (κ1) is 25.0. The van der Waals surface area contributed by atoms with E-state index in [1.165, 1.54) is 18.2 Å². The molecule has 0 radical (unpaired) electrons. The fourth-order valence-corrected chi connectivity index (χ4v) is 5.57. The van der Waals surface area contributed by atoms with Gasteiger partial charge in [0.05, 0.1) is 19.9 Å². The van der Waals surface area contributed by atoms with Gasteiger partial charge in [-0.15, -0.1) is 0 Å². The molecule has 0 unspecified atom stereocenters. The number of fused-ring (bicyclic) bond motifs is 1. The number of thioether (sulfide) groups is 1. The highest BCUT2D eigenvalue weighted by Crippen LogP contribution is 2.34. The Hall–Kier alpha value is -3.70. The Morgan fingerprint density at radius 1 is 0.973 bits per heavy atom. The first-order valence-corrected chi connectivity index (χ1v) is 13.2. The fraction of sp³-hybridized carbons (Fsp3) is 0.0714. The Bertz CT molecular complexity index is 1580. The largest absolute Gasteiger partial charge is 0.488 e. The highest BCUT2D eigenvalue weighted by molar-refractivity contribution is 14.1. The first-order chi connectivity index (χ1) is 17.9. The van der Waals surface area contributed by atoms with Crippen molar-refractivity contribution in [3.05, 3.63) is 120 Å². The van der Waals surface area contributed by atoms with Gasteiger partial charge < -0.3 is 4.74 Å². The summed E-state index contributed by atoms with van der Waals surface area (Å²) in [5.41, 5.74) is 2.29. The van der Waals surface area contributed by atoms with Crippen molar-refractivity contribution in [3.63, 3.8) is 0 Å². The summed E-state index contributed by atoms with van der Waals surface area (Å²) in [6.07, 6.45) is 1.68. The van der Waals surface area contributed by atoms with E-state index in [1.54, 1.807) is 12.1 Å². The summed E-state index contributed by atoms with van der Waals surface area (Å²) in [5.74, 6) is 0.303. The summed E-state index contributed by atoms with van der Waals surface area (Å²) >= 11 is 3.05. The highest BCUT2D eigenvalue weighted by Gasteiger charge is 2.35. The van der Waals surface area contributed by atoms with E-state index in [0.717, 1.165) is 47.9 Å². The molecule has 37 heavy (non-hydrogen) atoms. The lowest BCUT2D eigenvalue weighted by molar-refractivity contribution is -0.384. The Morgan fingerprint density at radius 3 is 2.57 bits per heavy atom. The third kappa shape index (κ3) is 5.52. The van der Waals surface area contributed by atoms with Crippen LogP contribution in [0.1, 0.15) is 16.7 Å². The molecule has 184 valence electrons. The van der Waals surface area contributed by atoms with Crippen LogP contribution in [0.25, 0.3) is 16.8 Å². The molecule has 9 heteroatoms. The zero-order valence-corrected chi connectivity index (χ0v) is 22.3. The predicted octanol–water partition coefficient (Wildman–Crippen LogP) is 7.17. The van der Waals surface area contributed by atoms with Crippen molar-refractivity contribution in [2.24, 2.45) is 0 Å². The van der Waals surface area contributed by atoms with Gasteiger partial charge in [-0.25, -0.2) is 0 Å². The van der Waals surface area contributed by atoms with Crippen molar-refractivity contribution in [1.82, 2.24) is 4.90 Å². The quantitative estimate of drug-likeness (QED) is 0.0940. The number of ether oxygens (including phenoxy) is 1. The molecule has 0 spiro atoms. The van der Waals surface area contributed by atoms with Crippen molar-refractivity contribution in [2.45, 2.75) is 13.2 Å². The molecule has 0 saturated carbocycles. The van der Waals surface area contributed by atoms with Crippen LogP contribution in [0.5, 0.6) is 5.75 Å². The van der Waals surface area contributed by atoms with Gasteiger partial charge in [-0.3, -0.25) is 24.6 Å².